The molecular weight excluding hydrogens is 364 g/mol. The fourth-order valence-corrected chi connectivity index (χ4v) is 2.97. The molecule has 0 aromatic heterocycles. The molecule has 0 aliphatic carbocycles. The van der Waals surface area contributed by atoms with Gasteiger partial charge in [-0.2, -0.15) is 10.5 Å². The van der Waals surface area contributed by atoms with Crippen LogP contribution in [0.15, 0.2) is 30.3 Å². The van der Waals surface area contributed by atoms with Gasteiger partial charge in [0.25, 0.3) is 0 Å². The van der Waals surface area contributed by atoms with Crippen molar-refractivity contribution in [3.8, 4) is 12.1 Å². The minimum absolute atomic E-state index is 0.313. The molecule has 0 spiro atoms. The van der Waals surface area contributed by atoms with Crippen molar-refractivity contribution in [2.75, 3.05) is 7.11 Å². The Balaban J connectivity index is 2.88. The Hall–Kier alpha value is -3.00. The van der Waals surface area contributed by atoms with Crippen molar-refractivity contribution in [1.29, 1.82) is 10.5 Å². The van der Waals surface area contributed by atoms with Gasteiger partial charge in [0.1, 0.15) is 23.7 Å². The second-order valence-electron chi connectivity index (χ2n) is 5.27. The summed E-state index contributed by atoms with van der Waals surface area (Å²) in [5.74, 6) is -4.70. The average Bonchev–Trinajstić information content (AvgIpc) is 2.66. The van der Waals surface area contributed by atoms with Crippen LogP contribution >= 0.6 is 11.6 Å². The van der Waals surface area contributed by atoms with Gasteiger partial charge in [0.15, 0.2) is 11.6 Å². The Morgan fingerprint density at radius 1 is 1.15 bits per heavy atom. The third-order valence-electron chi connectivity index (χ3n) is 3.88. The van der Waals surface area contributed by atoms with Crippen LogP contribution in [0.2, 0.25) is 5.02 Å². The van der Waals surface area contributed by atoms with Crippen LogP contribution in [0.5, 0.6) is 0 Å². The summed E-state index contributed by atoms with van der Waals surface area (Å²) >= 11 is 6.02. The summed E-state index contributed by atoms with van der Waals surface area (Å²) in [5.41, 5.74) is 4.40. The number of carbonyl (C=O) groups excluding carboxylic acids is 1. The van der Waals surface area contributed by atoms with Crippen molar-refractivity contribution in [3.05, 3.63) is 69.2 Å². The lowest BCUT2D eigenvalue weighted by atomic mass is 9.82. The van der Waals surface area contributed by atoms with Gasteiger partial charge >= 0.3 is 5.97 Å². The fourth-order valence-electron chi connectivity index (χ4n) is 2.66. The Morgan fingerprint density at radius 3 is 2.23 bits per heavy atom. The molecule has 0 saturated heterocycles. The number of nitrogens with zero attached hydrogens (tertiary/aromatic N) is 2. The highest BCUT2D eigenvalue weighted by Crippen LogP contribution is 2.39. The van der Waals surface area contributed by atoms with E-state index < -0.39 is 45.7 Å². The highest BCUT2D eigenvalue weighted by atomic mass is 35.5. The average molecular weight is 376 g/mol. The molecule has 0 fully saturated rings. The van der Waals surface area contributed by atoms with Gasteiger partial charge in [0.05, 0.1) is 17.7 Å². The molecule has 0 saturated carbocycles. The molecular formula is C18H12ClF2N3O2. The van der Waals surface area contributed by atoms with E-state index in [0.29, 0.717) is 5.56 Å². The van der Waals surface area contributed by atoms with E-state index in [0.717, 1.165) is 7.11 Å². The Bertz CT molecular complexity index is 936. The van der Waals surface area contributed by atoms with Crippen LogP contribution < -0.4 is 5.73 Å². The van der Waals surface area contributed by atoms with E-state index in [4.69, 9.17) is 22.6 Å². The summed E-state index contributed by atoms with van der Waals surface area (Å²) < 4.78 is 33.5. The maximum atomic E-state index is 14.5. The van der Waals surface area contributed by atoms with E-state index in [2.05, 4.69) is 4.74 Å². The van der Waals surface area contributed by atoms with Gasteiger partial charge in [-0.1, -0.05) is 41.9 Å². The first-order valence-corrected chi connectivity index (χ1v) is 7.65. The molecule has 8 heteroatoms. The van der Waals surface area contributed by atoms with Gasteiger partial charge in [-0.3, -0.25) is 4.79 Å². The maximum absolute atomic E-state index is 14.5. The number of benzene rings is 2. The number of nitriles is 2. The Kier molecular flexibility index (Phi) is 5.89. The molecule has 2 aromatic carbocycles. The number of carbonyl (C=O) groups is 1. The molecule has 2 rings (SSSR count). The number of hydrogen-bond donors (Lipinski definition) is 1. The van der Waals surface area contributed by atoms with Gasteiger partial charge in [-0.25, -0.2) is 8.78 Å². The lowest BCUT2D eigenvalue weighted by Gasteiger charge is -2.25. The molecule has 0 aliphatic rings. The summed E-state index contributed by atoms with van der Waals surface area (Å²) in [7, 11) is 1.11. The van der Waals surface area contributed by atoms with Gasteiger partial charge < -0.3 is 10.5 Å². The van der Waals surface area contributed by atoms with Gasteiger partial charge in [-0.15, -0.1) is 0 Å². The summed E-state index contributed by atoms with van der Waals surface area (Å²) in [4.78, 5) is 12.0. The molecule has 2 atom stereocenters. The van der Waals surface area contributed by atoms with Crippen molar-refractivity contribution in [2.24, 2.45) is 5.73 Å². The third-order valence-corrected chi connectivity index (χ3v) is 4.25. The zero-order chi connectivity index (χ0) is 19.4. The molecule has 0 heterocycles. The van der Waals surface area contributed by atoms with Crippen molar-refractivity contribution < 1.29 is 18.3 Å². The number of halogens is 3. The molecule has 0 radical (unpaired) electrons. The van der Waals surface area contributed by atoms with E-state index in [-0.39, 0.29) is 5.56 Å². The minimum atomic E-state index is -1.39. The molecule has 5 nitrogen and oxygen atoms in total. The zero-order valence-corrected chi connectivity index (χ0v) is 14.2. The minimum Gasteiger partial charge on any atom is -0.468 e. The number of methoxy groups -OCH3 is 1. The van der Waals surface area contributed by atoms with Crippen LogP contribution in [-0.2, 0) is 9.53 Å². The van der Waals surface area contributed by atoms with Gasteiger partial charge in [-0.05, 0) is 5.56 Å². The highest BCUT2D eigenvalue weighted by molar-refractivity contribution is 6.32. The highest BCUT2D eigenvalue weighted by Gasteiger charge is 2.36. The number of ether oxygens (including phenoxy) is 1. The molecule has 132 valence electrons. The van der Waals surface area contributed by atoms with Crippen molar-refractivity contribution in [1.82, 2.24) is 0 Å². The van der Waals surface area contributed by atoms with E-state index in [1.165, 1.54) is 6.07 Å². The summed E-state index contributed by atoms with van der Waals surface area (Å²) in [6.45, 7) is 0. The SMILES string of the molecule is COC(=O)C(N)C(c1ccccc1)c1c(Cl)c(F)c(C#N)c(F)c1C#N. The smallest absolute Gasteiger partial charge is 0.323 e. The van der Waals surface area contributed by atoms with E-state index in [1.807, 2.05) is 0 Å². The quantitative estimate of drug-likeness (QED) is 0.654. The zero-order valence-electron chi connectivity index (χ0n) is 13.5. The second kappa shape index (κ2) is 7.92. The van der Waals surface area contributed by atoms with Crippen molar-refractivity contribution in [3.63, 3.8) is 0 Å². The lowest BCUT2D eigenvalue weighted by molar-refractivity contribution is -0.142. The summed E-state index contributed by atoms with van der Waals surface area (Å²) in [6.07, 6.45) is 0. The first kappa shape index (κ1) is 19.3. The van der Waals surface area contributed by atoms with Crippen LogP contribution in [0.4, 0.5) is 8.78 Å². The molecule has 2 aromatic rings. The van der Waals surface area contributed by atoms with Crippen LogP contribution in [-0.4, -0.2) is 19.1 Å². The lowest BCUT2D eigenvalue weighted by Crippen LogP contribution is -2.39. The molecule has 0 bridgehead atoms. The normalized spacial score (nSPS) is 12.6. The Morgan fingerprint density at radius 2 is 1.73 bits per heavy atom. The fraction of sp³-hybridized carbons (Fsp3) is 0.167. The van der Waals surface area contributed by atoms with E-state index in [1.54, 1.807) is 36.4 Å². The summed E-state index contributed by atoms with van der Waals surface area (Å²) in [6, 6.07) is 9.62. The third kappa shape index (κ3) is 3.23. The van der Waals surface area contributed by atoms with Crippen LogP contribution in [0.3, 0.4) is 0 Å². The largest absolute Gasteiger partial charge is 0.468 e. The van der Waals surface area contributed by atoms with Gasteiger partial charge in [0, 0.05) is 11.5 Å². The van der Waals surface area contributed by atoms with E-state index in [9.17, 15) is 18.8 Å². The van der Waals surface area contributed by atoms with Crippen LogP contribution in [0.1, 0.15) is 28.2 Å². The van der Waals surface area contributed by atoms with Crippen LogP contribution in [0.25, 0.3) is 0 Å². The molecule has 0 aliphatic heterocycles. The van der Waals surface area contributed by atoms with Crippen LogP contribution in [0, 0.1) is 34.3 Å². The number of rotatable bonds is 4. The topological polar surface area (TPSA) is 99.9 Å². The van der Waals surface area contributed by atoms with Gasteiger partial charge in [0.2, 0.25) is 0 Å². The summed E-state index contributed by atoms with van der Waals surface area (Å²) in [5, 5.41) is 17.7. The van der Waals surface area contributed by atoms with E-state index >= 15 is 0 Å². The Labute approximate surface area is 153 Å². The maximum Gasteiger partial charge on any atom is 0.323 e. The molecule has 0 amide bonds. The molecule has 2 N–H and O–H groups in total. The first-order valence-electron chi connectivity index (χ1n) is 7.27. The first-order chi connectivity index (χ1) is 12.4. The number of hydrogen-bond acceptors (Lipinski definition) is 5. The predicted molar refractivity (Wildman–Crippen MR) is 89.1 cm³/mol. The predicted octanol–water partition coefficient (Wildman–Crippen LogP) is 2.99. The molecule has 2 unspecified atom stereocenters. The number of nitrogens with two attached hydrogens (primary N) is 1. The second-order valence-corrected chi connectivity index (χ2v) is 5.64. The van der Waals surface area contributed by atoms with Crippen molar-refractivity contribution >= 4 is 17.6 Å². The number of esters is 1. The molecule has 26 heavy (non-hydrogen) atoms. The monoisotopic (exact) mass is 375 g/mol. The standard InChI is InChI=1S/C18H12ClF2N3O2/c1-26-18(25)17(24)12(9-5-3-2-4-6-9)13-10(7-22)15(20)11(8-23)16(21)14(13)19/h2-6,12,17H,24H2,1H3. The van der Waals surface area contributed by atoms with Crippen molar-refractivity contribution in [2.45, 2.75) is 12.0 Å².